The Kier molecular flexibility index (Phi) is 7.14. The minimum absolute atomic E-state index is 0.0493. The zero-order chi connectivity index (χ0) is 40.3. The first-order valence-corrected chi connectivity index (χ1v) is 20.9. The fourth-order valence-electron chi connectivity index (χ4n) is 10.7. The number of anilines is 9. The molecule has 0 aliphatic carbocycles. The Balaban J connectivity index is 0.999. The molecule has 13 rings (SSSR count). The molecule has 0 saturated carbocycles. The first kappa shape index (κ1) is 34.0. The lowest BCUT2D eigenvalue weighted by atomic mass is 9.29. The van der Waals surface area contributed by atoms with Crippen LogP contribution >= 0.6 is 0 Å². The highest BCUT2D eigenvalue weighted by atomic mass is 16.3. The van der Waals surface area contributed by atoms with Gasteiger partial charge in [0.25, 0.3) is 13.4 Å². The molecular weight excluding hydrogens is 744 g/mol. The van der Waals surface area contributed by atoms with Gasteiger partial charge in [-0.05, 0) is 140 Å². The van der Waals surface area contributed by atoms with Crippen LogP contribution in [0.2, 0.25) is 0 Å². The SMILES string of the molecule is Oc1ccc(-c2ccc(N3c4ccccc4B4c5cccc6c5N(c5cccc3c54)c3cccc4c3B6c3ccccc3N4c3ccc(-c4ccc(O)cc4)cc3)cc2)cc1. The number of aromatic hydroxyl groups is 2. The predicted molar refractivity (Wildman–Crippen MR) is 254 cm³/mol. The number of phenols is 2. The van der Waals surface area contributed by atoms with Crippen molar-refractivity contribution in [3.8, 4) is 33.8 Å². The van der Waals surface area contributed by atoms with Gasteiger partial charge in [0.2, 0.25) is 0 Å². The monoisotopic (exact) mass is 779 g/mol. The van der Waals surface area contributed by atoms with Gasteiger partial charge in [-0.2, -0.15) is 0 Å². The molecule has 4 heterocycles. The maximum absolute atomic E-state index is 9.91. The molecule has 0 radical (unpaired) electrons. The van der Waals surface area contributed by atoms with Crippen LogP contribution in [0.1, 0.15) is 0 Å². The summed E-state index contributed by atoms with van der Waals surface area (Å²) in [6, 6.07) is 70.9. The lowest BCUT2D eigenvalue weighted by molar-refractivity contribution is 0.475. The van der Waals surface area contributed by atoms with Gasteiger partial charge in [0, 0.05) is 51.2 Å². The fraction of sp³-hybridized carbons (Fsp3) is 0. The Hall–Kier alpha value is -7.89. The summed E-state index contributed by atoms with van der Waals surface area (Å²) in [6.07, 6.45) is 0. The molecule has 9 aromatic rings. The smallest absolute Gasteiger partial charge is 0.252 e. The maximum atomic E-state index is 9.91. The normalized spacial score (nSPS) is 13.5. The molecule has 0 atom stereocenters. The van der Waals surface area contributed by atoms with Crippen molar-refractivity contribution in [2.45, 2.75) is 0 Å². The fourth-order valence-corrected chi connectivity index (χ4v) is 10.7. The van der Waals surface area contributed by atoms with Crippen LogP contribution < -0.4 is 47.5 Å². The number of hydrogen-bond acceptors (Lipinski definition) is 5. The molecule has 284 valence electrons. The largest absolute Gasteiger partial charge is 0.508 e. The number of hydrogen-bond donors (Lipinski definition) is 2. The van der Waals surface area contributed by atoms with Crippen molar-refractivity contribution in [2.24, 2.45) is 0 Å². The Bertz CT molecular complexity index is 3030. The summed E-state index contributed by atoms with van der Waals surface area (Å²) in [4.78, 5) is 7.44. The number of rotatable bonds is 4. The first-order chi connectivity index (χ1) is 30.1. The van der Waals surface area contributed by atoms with Crippen molar-refractivity contribution < 1.29 is 10.2 Å². The van der Waals surface area contributed by atoms with Gasteiger partial charge in [-0.25, -0.2) is 0 Å². The van der Waals surface area contributed by atoms with Crippen molar-refractivity contribution in [3.63, 3.8) is 0 Å². The van der Waals surface area contributed by atoms with Crippen LogP contribution in [-0.4, -0.2) is 23.6 Å². The van der Waals surface area contributed by atoms with E-state index in [2.05, 4.69) is 166 Å². The molecule has 0 bridgehead atoms. The predicted octanol–water partition coefficient (Wildman–Crippen LogP) is 9.13. The minimum Gasteiger partial charge on any atom is -0.508 e. The lowest BCUT2D eigenvalue weighted by Gasteiger charge is -2.49. The summed E-state index contributed by atoms with van der Waals surface area (Å²) >= 11 is 0. The molecule has 0 saturated heterocycles. The number of para-hydroxylation sites is 3. The van der Waals surface area contributed by atoms with E-state index in [1.165, 1.54) is 72.6 Å². The molecule has 9 aromatic carbocycles. The Labute approximate surface area is 354 Å². The second-order valence-corrected chi connectivity index (χ2v) is 16.4. The second kappa shape index (κ2) is 12.8. The van der Waals surface area contributed by atoms with Gasteiger partial charge in [0.15, 0.2) is 0 Å². The van der Waals surface area contributed by atoms with Crippen LogP contribution in [0.3, 0.4) is 0 Å². The van der Waals surface area contributed by atoms with Gasteiger partial charge in [-0.15, -0.1) is 0 Å². The lowest BCUT2D eigenvalue weighted by Crippen LogP contribution is -2.68. The standard InChI is InChI=1S/C54H35B2N3O2/c60-40-30-22-36(23-31-40)34-18-26-38(27-19-34)57-46-12-3-1-8-42(46)55-44-10-5-11-45-54(44)59(50-16-6-14-48(57)52(50)55)51-17-7-15-49-53(51)56(45)43-9-2-4-13-47(43)58(49)39-28-20-35(21-29-39)37-24-32-41(61)33-25-37/h1-33,60-61H. The summed E-state index contributed by atoms with van der Waals surface area (Å²) in [7, 11) is 0. The number of phenolic OH excluding ortho intramolecular Hbond substituents is 2. The summed E-state index contributed by atoms with van der Waals surface area (Å²) in [5, 5.41) is 19.8. The minimum atomic E-state index is 0.0493. The average Bonchev–Trinajstić information content (AvgIpc) is 3.31. The molecular formula is C54H35B2N3O2. The van der Waals surface area contributed by atoms with Gasteiger partial charge in [-0.3, -0.25) is 0 Å². The van der Waals surface area contributed by atoms with E-state index < -0.39 is 0 Å². The van der Waals surface area contributed by atoms with E-state index in [0.717, 1.165) is 33.6 Å². The molecule has 5 nitrogen and oxygen atoms in total. The van der Waals surface area contributed by atoms with E-state index in [0.29, 0.717) is 0 Å². The van der Waals surface area contributed by atoms with Crippen LogP contribution in [-0.2, 0) is 0 Å². The van der Waals surface area contributed by atoms with Crippen LogP contribution in [0.25, 0.3) is 22.3 Å². The van der Waals surface area contributed by atoms with Gasteiger partial charge >= 0.3 is 0 Å². The molecule has 4 aliphatic rings. The first-order valence-electron chi connectivity index (χ1n) is 20.9. The second-order valence-electron chi connectivity index (χ2n) is 16.4. The summed E-state index contributed by atoms with van der Waals surface area (Å²) < 4.78 is 0. The van der Waals surface area contributed by atoms with Crippen LogP contribution in [0.4, 0.5) is 51.2 Å². The Morgan fingerprint density at radius 2 is 0.590 bits per heavy atom. The average molecular weight is 780 g/mol. The quantitative estimate of drug-likeness (QED) is 0.175. The molecule has 0 fully saturated rings. The number of fused-ring (bicyclic) bond motifs is 8. The highest BCUT2D eigenvalue weighted by Crippen LogP contribution is 2.47. The van der Waals surface area contributed by atoms with Gasteiger partial charge in [-0.1, -0.05) is 115 Å². The van der Waals surface area contributed by atoms with Gasteiger partial charge < -0.3 is 24.9 Å². The molecule has 0 aromatic heterocycles. The highest BCUT2D eigenvalue weighted by Gasteiger charge is 2.49. The maximum Gasteiger partial charge on any atom is 0.252 e. The number of benzene rings is 9. The Morgan fingerprint density at radius 3 is 1.00 bits per heavy atom. The van der Waals surface area contributed by atoms with Gasteiger partial charge in [0.1, 0.15) is 11.5 Å². The molecule has 2 N–H and O–H groups in total. The van der Waals surface area contributed by atoms with E-state index in [1.807, 2.05) is 24.3 Å². The molecule has 7 heteroatoms. The summed E-state index contributed by atoms with van der Waals surface area (Å²) in [6.45, 7) is 0.0987. The van der Waals surface area contributed by atoms with E-state index in [1.54, 1.807) is 24.3 Å². The van der Waals surface area contributed by atoms with E-state index in [9.17, 15) is 10.2 Å². The third-order valence-electron chi connectivity index (χ3n) is 13.2. The summed E-state index contributed by atoms with van der Waals surface area (Å²) in [5.41, 5.74) is 22.8. The van der Waals surface area contributed by atoms with Crippen molar-refractivity contribution >= 4 is 97.4 Å². The zero-order valence-corrected chi connectivity index (χ0v) is 32.9. The number of nitrogens with zero attached hydrogens (tertiary/aromatic N) is 3. The van der Waals surface area contributed by atoms with E-state index in [4.69, 9.17) is 0 Å². The highest BCUT2D eigenvalue weighted by molar-refractivity contribution is 7.04. The molecule has 0 amide bonds. The van der Waals surface area contributed by atoms with E-state index in [-0.39, 0.29) is 24.9 Å². The zero-order valence-electron chi connectivity index (χ0n) is 32.9. The van der Waals surface area contributed by atoms with Crippen molar-refractivity contribution in [3.05, 3.63) is 200 Å². The third-order valence-corrected chi connectivity index (χ3v) is 13.2. The van der Waals surface area contributed by atoms with Crippen molar-refractivity contribution in [1.29, 1.82) is 0 Å². The Morgan fingerprint density at radius 1 is 0.279 bits per heavy atom. The third kappa shape index (κ3) is 4.86. The van der Waals surface area contributed by atoms with Crippen LogP contribution in [0.5, 0.6) is 11.5 Å². The van der Waals surface area contributed by atoms with E-state index >= 15 is 0 Å². The van der Waals surface area contributed by atoms with Crippen molar-refractivity contribution in [1.82, 2.24) is 0 Å². The van der Waals surface area contributed by atoms with Crippen molar-refractivity contribution in [2.75, 3.05) is 14.7 Å². The van der Waals surface area contributed by atoms with Crippen LogP contribution in [0, 0.1) is 0 Å². The molecule has 61 heavy (non-hydrogen) atoms. The molecule has 0 unspecified atom stereocenters. The van der Waals surface area contributed by atoms with Gasteiger partial charge in [0.05, 0.1) is 0 Å². The molecule has 4 aliphatic heterocycles. The molecule has 0 spiro atoms. The summed E-state index contributed by atoms with van der Waals surface area (Å²) in [5.74, 6) is 0.532. The topological polar surface area (TPSA) is 50.2 Å². The van der Waals surface area contributed by atoms with Crippen LogP contribution in [0.15, 0.2) is 200 Å².